The largest absolute Gasteiger partial charge is 0.548 e. The van der Waals surface area contributed by atoms with Gasteiger partial charge < -0.3 is 19.9 Å². The smallest absolute Gasteiger partial charge is 0.295 e. The highest BCUT2D eigenvalue weighted by Crippen LogP contribution is 2.39. The molecule has 0 radical (unpaired) electrons. The molecule has 142 valence electrons. The summed E-state index contributed by atoms with van der Waals surface area (Å²) in [5, 5.41) is 32.6. The molecule has 1 saturated heterocycles. The van der Waals surface area contributed by atoms with Crippen molar-refractivity contribution in [1.29, 1.82) is 0 Å². The molecule has 9 nitrogen and oxygen atoms in total. The summed E-state index contributed by atoms with van der Waals surface area (Å²) in [4.78, 5) is 47.0. The van der Waals surface area contributed by atoms with Gasteiger partial charge >= 0.3 is 0 Å². The minimum Gasteiger partial charge on any atom is -0.548 e. The van der Waals surface area contributed by atoms with E-state index in [1.807, 2.05) is 0 Å². The predicted octanol–water partition coefficient (Wildman–Crippen LogP) is 0.766. The number of aliphatic hydroxyl groups is 1. The Kier molecular flexibility index (Phi) is 4.90. The van der Waals surface area contributed by atoms with E-state index in [2.05, 4.69) is 0 Å². The highest BCUT2D eigenvalue weighted by molar-refractivity contribution is 6.46. The van der Waals surface area contributed by atoms with Crippen molar-refractivity contribution >= 4 is 29.1 Å². The molecule has 1 amide bonds. The van der Waals surface area contributed by atoms with Gasteiger partial charge in [0.15, 0.2) is 0 Å². The summed E-state index contributed by atoms with van der Waals surface area (Å²) in [7, 11) is 0. The van der Waals surface area contributed by atoms with Gasteiger partial charge in [-0.25, -0.2) is 0 Å². The van der Waals surface area contributed by atoms with E-state index in [-0.39, 0.29) is 22.4 Å². The number of nitrogens with zero attached hydrogens (tertiary/aromatic N) is 2. The fourth-order valence-corrected chi connectivity index (χ4v) is 3.06. The van der Waals surface area contributed by atoms with Gasteiger partial charge in [-0.15, -0.1) is 0 Å². The molecule has 1 N–H and O–H groups in total. The molecule has 1 atom stereocenters. The number of carboxylic acids is 1. The van der Waals surface area contributed by atoms with Crippen molar-refractivity contribution in [2.24, 2.45) is 0 Å². The fraction of sp³-hybridized carbons (Fsp3) is 0.105. The number of non-ortho nitro benzene ring substituents is 1. The van der Waals surface area contributed by atoms with Crippen molar-refractivity contribution in [3.63, 3.8) is 0 Å². The molecule has 1 heterocycles. The molecule has 2 aromatic carbocycles. The topological polar surface area (TPSA) is 141 Å². The lowest BCUT2D eigenvalue weighted by Gasteiger charge is -2.25. The lowest BCUT2D eigenvalue weighted by molar-refractivity contribution is -0.384. The molecule has 2 aromatic rings. The van der Waals surface area contributed by atoms with Gasteiger partial charge in [-0.05, 0) is 17.7 Å². The maximum atomic E-state index is 12.5. The van der Waals surface area contributed by atoms with Crippen LogP contribution in [-0.2, 0) is 14.4 Å². The Balaban J connectivity index is 2.18. The quantitative estimate of drug-likeness (QED) is 0.265. The Bertz CT molecular complexity index is 997. The van der Waals surface area contributed by atoms with Crippen molar-refractivity contribution in [3.8, 4) is 0 Å². The number of aliphatic carboxylic acids is 1. The van der Waals surface area contributed by atoms with E-state index in [0.717, 1.165) is 17.0 Å². The first-order chi connectivity index (χ1) is 13.3. The summed E-state index contributed by atoms with van der Waals surface area (Å²) in [6.45, 7) is -0.877. The molecule has 0 unspecified atom stereocenters. The average Bonchev–Trinajstić information content (AvgIpc) is 2.92. The third kappa shape index (κ3) is 3.32. The number of carbonyl (C=O) groups excluding carboxylic acids is 3. The van der Waals surface area contributed by atoms with Crippen LogP contribution in [0.15, 0.2) is 60.2 Å². The van der Waals surface area contributed by atoms with Gasteiger partial charge in [-0.3, -0.25) is 19.7 Å². The number of nitro benzene ring substituents is 1. The molecular weight excluding hydrogens is 368 g/mol. The maximum Gasteiger partial charge on any atom is 0.295 e. The van der Waals surface area contributed by atoms with Crippen molar-refractivity contribution < 1.29 is 29.5 Å². The molecule has 9 heteroatoms. The molecular formula is C19H13N2O7-. The number of ketones is 1. The van der Waals surface area contributed by atoms with E-state index in [9.17, 15) is 34.7 Å². The number of carboxylic acid groups (broad SMARTS) is 1. The summed E-state index contributed by atoms with van der Waals surface area (Å²) in [5.41, 5.74) is -0.0145. The lowest BCUT2D eigenvalue weighted by Crippen LogP contribution is -2.40. The second-order valence-electron chi connectivity index (χ2n) is 6.01. The number of benzene rings is 2. The number of hydrogen-bond acceptors (Lipinski definition) is 7. The standard InChI is InChI=1S/C19H14N2O7/c22-14(23)10-20-16(11-6-8-13(9-7-11)21(27)28)15(18(25)19(20)26)17(24)12-4-2-1-3-5-12/h1-9,16,24H,10H2,(H,22,23)/p-1/t16-/m0/s1. The van der Waals surface area contributed by atoms with Crippen LogP contribution in [0, 0.1) is 10.1 Å². The molecule has 1 fully saturated rings. The molecule has 0 saturated carbocycles. The molecule has 0 spiro atoms. The van der Waals surface area contributed by atoms with Crippen LogP contribution >= 0.6 is 0 Å². The number of Topliss-reactive ketones (excluding diaryl/α,β-unsaturated/α-hetero) is 1. The summed E-state index contributed by atoms with van der Waals surface area (Å²) in [6.07, 6.45) is 0. The van der Waals surface area contributed by atoms with E-state index >= 15 is 0 Å². The molecule has 0 bridgehead atoms. The van der Waals surface area contributed by atoms with Gasteiger partial charge in [0.1, 0.15) is 5.76 Å². The average molecular weight is 381 g/mol. The second-order valence-corrected chi connectivity index (χ2v) is 6.01. The Labute approximate surface area is 158 Å². The third-order valence-electron chi connectivity index (χ3n) is 4.31. The first-order valence-corrected chi connectivity index (χ1v) is 8.09. The van der Waals surface area contributed by atoms with Crippen molar-refractivity contribution in [1.82, 2.24) is 4.90 Å². The predicted molar refractivity (Wildman–Crippen MR) is 93.6 cm³/mol. The van der Waals surface area contributed by atoms with Gasteiger partial charge in [0.25, 0.3) is 17.4 Å². The maximum absolute atomic E-state index is 12.5. The first-order valence-electron chi connectivity index (χ1n) is 8.09. The number of hydrogen-bond donors (Lipinski definition) is 1. The van der Waals surface area contributed by atoms with E-state index in [0.29, 0.717) is 0 Å². The van der Waals surface area contributed by atoms with E-state index in [1.54, 1.807) is 18.2 Å². The Hall–Kier alpha value is -4.01. The second kappa shape index (κ2) is 7.31. The zero-order valence-electron chi connectivity index (χ0n) is 14.3. The zero-order valence-corrected chi connectivity index (χ0v) is 14.3. The van der Waals surface area contributed by atoms with Gasteiger partial charge in [0.2, 0.25) is 0 Å². The SMILES string of the molecule is O=C([O-])CN1C(=O)C(=O)C(=C(O)c2ccccc2)[C@@H]1c1ccc([N+](=O)[O-])cc1. The Morgan fingerprint density at radius 2 is 1.68 bits per heavy atom. The van der Waals surface area contributed by atoms with E-state index in [1.165, 1.54) is 24.3 Å². The number of likely N-dealkylation sites (tertiary alicyclic amines) is 1. The van der Waals surface area contributed by atoms with Crippen LogP contribution in [-0.4, -0.2) is 39.1 Å². The van der Waals surface area contributed by atoms with Crippen molar-refractivity contribution in [2.75, 3.05) is 6.54 Å². The first kappa shape index (κ1) is 18.8. The van der Waals surface area contributed by atoms with Crippen LogP contribution < -0.4 is 5.11 Å². The van der Waals surface area contributed by atoms with Crippen LogP contribution in [0.2, 0.25) is 0 Å². The van der Waals surface area contributed by atoms with Gasteiger partial charge in [-0.1, -0.05) is 30.3 Å². The number of amides is 1. The van der Waals surface area contributed by atoms with E-state index in [4.69, 9.17) is 0 Å². The Morgan fingerprint density at radius 1 is 1.07 bits per heavy atom. The summed E-state index contributed by atoms with van der Waals surface area (Å²) in [5.74, 6) is -4.22. The van der Waals surface area contributed by atoms with Gasteiger partial charge in [-0.2, -0.15) is 0 Å². The molecule has 0 aliphatic carbocycles. The summed E-state index contributed by atoms with van der Waals surface area (Å²) >= 11 is 0. The monoisotopic (exact) mass is 381 g/mol. The van der Waals surface area contributed by atoms with Crippen LogP contribution in [0.3, 0.4) is 0 Å². The molecule has 3 rings (SSSR count). The molecule has 1 aliphatic heterocycles. The minimum atomic E-state index is -1.59. The number of rotatable bonds is 5. The fourth-order valence-electron chi connectivity index (χ4n) is 3.06. The molecule has 1 aliphatic rings. The normalized spacial score (nSPS) is 18.3. The van der Waals surface area contributed by atoms with Gasteiger partial charge in [0.05, 0.1) is 29.1 Å². The van der Waals surface area contributed by atoms with E-state index < -0.39 is 40.9 Å². The minimum absolute atomic E-state index is 0.219. The van der Waals surface area contributed by atoms with Crippen molar-refractivity contribution in [3.05, 3.63) is 81.4 Å². The van der Waals surface area contributed by atoms with Crippen LogP contribution in [0.4, 0.5) is 5.69 Å². The molecule has 0 aromatic heterocycles. The van der Waals surface area contributed by atoms with Gasteiger partial charge in [0, 0.05) is 17.7 Å². The summed E-state index contributed by atoms with van der Waals surface area (Å²) < 4.78 is 0. The van der Waals surface area contributed by atoms with Crippen molar-refractivity contribution in [2.45, 2.75) is 6.04 Å². The highest BCUT2D eigenvalue weighted by Gasteiger charge is 2.46. The highest BCUT2D eigenvalue weighted by atomic mass is 16.6. The van der Waals surface area contributed by atoms with Crippen LogP contribution in [0.1, 0.15) is 17.2 Å². The zero-order chi connectivity index (χ0) is 20.4. The third-order valence-corrected chi connectivity index (χ3v) is 4.31. The molecule has 28 heavy (non-hydrogen) atoms. The number of aliphatic hydroxyl groups excluding tert-OH is 1. The summed E-state index contributed by atoms with van der Waals surface area (Å²) in [6, 6.07) is 11.7. The number of carbonyl (C=O) groups is 3. The lowest BCUT2D eigenvalue weighted by atomic mass is 9.95. The van der Waals surface area contributed by atoms with Crippen LogP contribution in [0.25, 0.3) is 5.76 Å². The number of nitro groups is 1. The Morgan fingerprint density at radius 3 is 2.21 bits per heavy atom. The van der Waals surface area contributed by atoms with Crippen LogP contribution in [0.5, 0.6) is 0 Å².